The van der Waals surface area contributed by atoms with Gasteiger partial charge in [-0.25, -0.2) is 14.5 Å². The van der Waals surface area contributed by atoms with Crippen molar-refractivity contribution in [2.24, 2.45) is 7.05 Å². The minimum absolute atomic E-state index is 0.314. The molecule has 0 spiro atoms. The van der Waals surface area contributed by atoms with Crippen molar-refractivity contribution in [3.63, 3.8) is 0 Å². The summed E-state index contributed by atoms with van der Waals surface area (Å²) in [6, 6.07) is 14.9. The molecular formula is C25H24N8. The van der Waals surface area contributed by atoms with Crippen LogP contribution in [0.1, 0.15) is 11.1 Å². The fraction of sp³-hybridized carbons (Fsp3) is 0.200. The van der Waals surface area contributed by atoms with Gasteiger partial charge in [-0.05, 0) is 17.2 Å². The SMILES string of the molecule is Cn1cc(-c2ccc3c(N4CC(Nc5ncc(Cc6ccccc6)cn5)C4)cnn3c2)cn1. The van der Waals surface area contributed by atoms with Gasteiger partial charge in [0.15, 0.2) is 0 Å². The molecule has 0 bridgehead atoms. The summed E-state index contributed by atoms with van der Waals surface area (Å²) in [5.41, 5.74) is 6.80. The summed E-state index contributed by atoms with van der Waals surface area (Å²) < 4.78 is 3.74. The van der Waals surface area contributed by atoms with Crippen molar-refractivity contribution in [3.05, 3.63) is 90.8 Å². The number of nitrogens with zero attached hydrogens (tertiary/aromatic N) is 7. The molecule has 0 atom stereocenters. The van der Waals surface area contributed by atoms with Crippen LogP contribution in [0.15, 0.2) is 79.6 Å². The first kappa shape index (κ1) is 19.5. The molecule has 164 valence electrons. The number of hydrogen-bond acceptors (Lipinski definition) is 6. The van der Waals surface area contributed by atoms with Crippen LogP contribution in [0.5, 0.6) is 0 Å². The molecule has 0 aliphatic carbocycles. The minimum Gasteiger partial charge on any atom is -0.364 e. The molecule has 1 N–H and O–H groups in total. The third-order valence-corrected chi connectivity index (χ3v) is 6.05. The highest BCUT2D eigenvalue weighted by atomic mass is 15.3. The molecule has 8 heteroatoms. The number of hydrogen-bond donors (Lipinski definition) is 1. The number of nitrogens with one attached hydrogen (secondary N) is 1. The standard InChI is InChI=1S/C25H24N8/c1-31-14-21(12-28-31)20-7-8-23-24(13-29-33(23)15-20)32-16-22(17-32)30-25-26-10-19(11-27-25)9-18-5-3-2-4-6-18/h2-8,10-15,22H,9,16-17H2,1H3,(H,26,27,30). The van der Waals surface area contributed by atoms with Crippen LogP contribution in [0.3, 0.4) is 0 Å². The van der Waals surface area contributed by atoms with E-state index in [1.54, 1.807) is 0 Å². The van der Waals surface area contributed by atoms with E-state index in [2.05, 4.69) is 73.0 Å². The van der Waals surface area contributed by atoms with Gasteiger partial charge >= 0.3 is 0 Å². The number of benzene rings is 1. The van der Waals surface area contributed by atoms with Gasteiger partial charge in [-0.1, -0.05) is 36.4 Å². The summed E-state index contributed by atoms with van der Waals surface area (Å²) in [5, 5.41) is 12.3. The van der Waals surface area contributed by atoms with E-state index in [0.717, 1.165) is 47.4 Å². The smallest absolute Gasteiger partial charge is 0.222 e. The van der Waals surface area contributed by atoms with E-state index in [-0.39, 0.29) is 0 Å². The second-order valence-corrected chi connectivity index (χ2v) is 8.50. The van der Waals surface area contributed by atoms with Crippen molar-refractivity contribution in [3.8, 4) is 11.1 Å². The van der Waals surface area contributed by atoms with E-state index < -0.39 is 0 Å². The molecule has 4 aromatic heterocycles. The van der Waals surface area contributed by atoms with Crippen molar-refractivity contribution >= 4 is 17.2 Å². The van der Waals surface area contributed by atoms with Gasteiger partial charge in [0.2, 0.25) is 5.95 Å². The summed E-state index contributed by atoms with van der Waals surface area (Å²) in [4.78, 5) is 11.3. The third kappa shape index (κ3) is 3.91. The van der Waals surface area contributed by atoms with Crippen LogP contribution in [0.25, 0.3) is 16.6 Å². The summed E-state index contributed by atoms with van der Waals surface area (Å²) in [6.07, 6.45) is 12.5. The van der Waals surface area contributed by atoms with Gasteiger partial charge in [0, 0.05) is 62.5 Å². The predicted octanol–water partition coefficient (Wildman–Crippen LogP) is 3.42. The molecule has 5 heterocycles. The van der Waals surface area contributed by atoms with Crippen LogP contribution in [0.4, 0.5) is 11.6 Å². The number of rotatable bonds is 6. The first-order valence-corrected chi connectivity index (χ1v) is 11.0. The monoisotopic (exact) mass is 436 g/mol. The Bertz CT molecular complexity index is 1380. The Morgan fingerprint density at radius 3 is 2.42 bits per heavy atom. The Balaban J connectivity index is 1.08. The van der Waals surface area contributed by atoms with E-state index >= 15 is 0 Å². The van der Waals surface area contributed by atoms with Crippen LogP contribution < -0.4 is 10.2 Å². The fourth-order valence-electron chi connectivity index (χ4n) is 4.26. The van der Waals surface area contributed by atoms with E-state index in [0.29, 0.717) is 12.0 Å². The second-order valence-electron chi connectivity index (χ2n) is 8.50. The molecule has 33 heavy (non-hydrogen) atoms. The molecule has 0 saturated carbocycles. The molecule has 0 amide bonds. The molecule has 6 rings (SSSR count). The quantitative estimate of drug-likeness (QED) is 0.440. The van der Waals surface area contributed by atoms with Crippen molar-refractivity contribution in [1.82, 2.24) is 29.4 Å². The molecule has 1 fully saturated rings. The molecule has 8 nitrogen and oxygen atoms in total. The highest BCUT2D eigenvalue weighted by molar-refractivity contribution is 5.76. The molecule has 0 radical (unpaired) electrons. The van der Waals surface area contributed by atoms with Gasteiger partial charge in [0.05, 0.1) is 29.6 Å². The van der Waals surface area contributed by atoms with E-state index in [9.17, 15) is 0 Å². The largest absolute Gasteiger partial charge is 0.364 e. The van der Waals surface area contributed by atoms with E-state index in [4.69, 9.17) is 0 Å². The number of aryl methyl sites for hydroxylation is 1. The van der Waals surface area contributed by atoms with Crippen molar-refractivity contribution in [2.75, 3.05) is 23.3 Å². The zero-order valence-electron chi connectivity index (χ0n) is 18.3. The molecule has 1 aromatic carbocycles. The van der Waals surface area contributed by atoms with Gasteiger partial charge in [-0.2, -0.15) is 10.2 Å². The summed E-state index contributed by atoms with van der Waals surface area (Å²) >= 11 is 0. The Labute approximate surface area is 191 Å². The fourth-order valence-corrected chi connectivity index (χ4v) is 4.26. The van der Waals surface area contributed by atoms with Gasteiger partial charge in [0.25, 0.3) is 0 Å². The summed E-state index contributed by atoms with van der Waals surface area (Å²) in [7, 11) is 1.92. The predicted molar refractivity (Wildman–Crippen MR) is 128 cm³/mol. The van der Waals surface area contributed by atoms with Gasteiger partial charge in [-0.3, -0.25) is 4.68 Å². The lowest BCUT2D eigenvalue weighted by atomic mass is 10.1. The number of aromatic nitrogens is 6. The number of pyridine rings is 1. The Morgan fingerprint density at radius 2 is 1.67 bits per heavy atom. The lowest BCUT2D eigenvalue weighted by molar-refractivity contribution is 0.548. The summed E-state index contributed by atoms with van der Waals surface area (Å²) in [6.45, 7) is 1.78. The van der Waals surface area contributed by atoms with Crippen molar-refractivity contribution < 1.29 is 0 Å². The van der Waals surface area contributed by atoms with Crippen LogP contribution in [-0.4, -0.2) is 48.5 Å². The van der Waals surface area contributed by atoms with Crippen molar-refractivity contribution in [1.29, 1.82) is 0 Å². The van der Waals surface area contributed by atoms with Gasteiger partial charge in [-0.15, -0.1) is 0 Å². The Morgan fingerprint density at radius 1 is 0.848 bits per heavy atom. The van der Waals surface area contributed by atoms with E-state index in [1.807, 2.05) is 53.3 Å². The molecule has 1 aliphatic rings. The maximum Gasteiger partial charge on any atom is 0.222 e. The highest BCUT2D eigenvalue weighted by Gasteiger charge is 2.29. The minimum atomic E-state index is 0.314. The maximum atomic E-state index is 4.57. The van der Waals surface area contributed by atoms with Gasteiger partial charge in [0.1, 0.15) is 0 Å². The van der Waals surface area contributed by atoms with Crippen LogP contribution >= 0.6 is 0 Å². The van der Waals surface area contributed by atoms with E-state index in [1.165, 1.54) is 5.56 Å². The topological polar surface area (TPSA) is 76.2 Å². The second kappa shape index (κ2) is 8.05. The third-order valence-electron chi connectivity index (χ3n) is 6.05. The van der Waals surface area contributed by atoms with Crippen LogP contribution in [0, 0.1) is 0 Å². The number of anilines is 2. The lowest BCUT2D eigenvalue weighted by Crippen LogP contribution is -2.55. The molecule has 1 saturated heterocycles. The van der Waals surface area contributed by atoms with Crippen molar-refractivity contribution in [2.45, 2.75) is 12.5 Å². The maximum absolute atomic E-state index is 4.57. The first-order valence-electron chi connectivity index (χ1n) is 11.0. The number of fused-ring (bicyclic) bond motifs is 1. The average molecular weight is 437 g/mol. The lowest BCUT2D eigenvalue weighted by Gasteiger charge is -2.40. The molecule has 5 aromatic rings. The normalized spacial score (nSPS) is 13.9. The zero-order chi connectivity index (χ0) is 22.2. The molecular weight excluding hydrogens is 412 g/mol. The Hall–Kier alpha value is -4.20. The van der Waals surface area contributed by atoms with Gasteiger partial charge < -0.3 is 10.2 Å². The van der Waals surface area contributed by atoms with Crippen LogP contribution in [0.2, 0.25) is 0 Å². The Kier molecular flexibility index (Phi) is 4.75. The molecule has 1 aliphatic heterocycles. The first-order chi connectivity index (χ1) is 16.2. The van der Waals surface area contributed by atoms with Crippen LogP contribution in [-0.2, 0) is 13.5 Å². The average Bonchev–Trinajstić information content (AvgIpc) is 3.43. The molecule has 0 unspecified atom stereocenters. The summed E-state index contributed by atoms with van der Waals surface area (Å²) in [5.74, 6) is 0.678. The zero-order valence-corrected chi connectivity index (χ0v) is 18.3. The highest BCUT2D eigenvalue weighted by Crippen LogP contribution is 2.29.